The largest absolute Gasteiger partial charge is 0.479 e. The zero-order valence-corrected chi connectivity index (χ0v) is 58.8. The van der Waals surface area contributed by atoms with E-state index in [4.69, 9.17) is 14.6 Å². The highest BCUT2D eigenvalue weighted by Crippen LogP contribution is 2.49. The number of carboxylic acids is 1. The first kappa shape index (κ1) is 72.5. The topological polar surface area (TPSA) is 328 Å². The molecule has 6 heterocycles. The quantitative estimate of drug-likeness (QED) is 0.0418. The molecule has 14 rings (SSSR count). The fourth-order valence-electron chi connectivity index (χ4n) is 13.2. The molecule has 4 saturated carbocycles. The minimum atomic E-state index is -3.98. The van der Waals surface area contributed by atoms with Gasteiger partial charge in [0.05, 0.1) is 43.0 Å². The summed E-state index contributed by atoms with van der Waals surface area (Å²) >= 11 is 2.70. The number of nitrogens with one attached hydrogen (secondary N) is 5. The van der Waals surface area contributed by atoms with E-state index in [0.29, 0.717) is 55.3 Å². The molecule has 6 aromatic rings. The number of amides is 5. The average Bonchev–Trinajstić information content (AvgIpc) is 1.57. The number of aliphatic carboxylic acids is 1. The molecule has 4 aliphatic carbocycles. The fraction of sp³-hybridized carbons (Fsp3) is 0.486. The highest BCUT2D eigenvalue weighted by Gasteiger charge is 2.64. The van der Waals surface area contributed by atoms with Crippen LogP contribution in [0.5, 0.6) is 10.4 Å². The maximum atomic E-state index is 14.4. The number of carboxylic acid groups (broad SMARTS) is 1. The van der Waals surface area contributed by atoms with Gasteiger partial charge in [-0.2, -0.15) is 0 Å². The standard InChI is InChI=1S/C35H39F2N5O6S2.C31H32F2N4O5S.C4H9NO2S/c1-34(15-16-34)50(46,47)41-32(45)35-19-21(35)9-5-3-2-4-6-11-27(38-22-13-14-24(36)25(37)17-22)31(44)42-20-23(18-28(42)30(43)40-35)48-33-39-26-10-7-8-12-29(26)49-33;32-21-13-12-19(14-22(21)33)34-24-10-5-3-1-2-4-8-18-16-31(18,29(40)41)36-27(38)25-15-20(17-37(25)28(24)39)42-30-35-23-9-6-7-11-26(23)43-30;1-4(2-3-4)8(5,6)7/h5,7-10,12-14,17,21,23,27-28,38H,2-4,6,11,15-16,18-20H2,1H3,(H,40,43)(H,41,45);4,6-9,11-14,18,20,24-25,34H,1-3,5,10,15-17H2,(H,36,38)(H,40,41);2-3H2,1H3,(H2,5,6,7)/b9-5-;8-4-;/t21-,23-,27+,28+,35-;18-,20-,24+,25+,31-;/m11./s1. The molecule has 31 heteroatoms. The Hall–Kier alpha value is -8.26. The first-order chi connectivity index (χ1) is 48.1. The number of carbonyl (C=O) groups excluding carboxylic acids is 5. The number of anilines is 2. The summed E-state index contributed by atoms with van der Waals surface area (Å²) in [6, 6.07) is 18.0. The maximum Gasteiger partial charge on any atom is 0.330 e. The van der Waals surface area contributed by atoms with E-state index in [2.05, 4.69) is 36.0 Å². The normalized spacial score (nSPS) is 28.4. The highest BCUT2D eigenvalue weighted by atomic mass is 32.2. The number of allylic oxidation sites excluding steroid dienone is 2. The van der Waals surface area contributed by atoms with Crippen LogP contribution in [-0.4, -0.2) is 147 Å². The fourth-order valence-corrected chi connectivity index (χ4v) is 17.0. The van der Waals surface area contributed by atoms with Crippen molar-refractivity contribution in [2.24, 2.45) is 17.0 Å². The van der Waals surface area contributed by atoms with Gasteiger partial charge >= 0.3 is 5.97 Å². The molecule has 4 aromatic carbocycles. The zero-order chi connectivity index (χ0) is 71.8. The number of nitrogens with zero attached hydrogens (tertiary/aromatic N) is 4. The Balaban J connectivity index is 0.000000173. The zero-order valence-electron chi connectivity index (χ0n) is 55.5. The van der Waals surface area contributed by atoms with Crippen molar-refractivity contribution in [1.29, 1.82) is 0 Å². The van der Waals surface area contributed by atoms with Crippen molar-refractivity contribution in [3.8, 4) is 10.4 Å². The summed E-state index contributed by atoms with van der Waals surface area (Å²) < 4.78 is 118. The third kappa shape index (κ3) is 16.3. The number of fused-ring (bicyclic) bond motifs is 6. The SMILES string of the molecule is CC1(S(=O)(=O)NC(=O)[C@@]23C[C@H]2/C=C\CCCCC[C@H](Nc2ccc(F)c(F)c2)C(=O)N2C[C@H](Oc4nc5ccccc5s4)C[C@H]2C(=O)N3)CC1.CC1(S(N)(=O)=O)CC1.O=C1N[C@]2(C(=O)O)C[C@H]2/C=C\CCCCC[C@H](Nc2ccc(F)c(F)c2)C(=O)N2C[C@H](Oc3nc4ccccc4s3)C[C@@H]12. The highest BCUT2D eigenvalue weighted by molar-refractivity contribution is 7.91. The van der Waals surface area contributed by atoms with E-state index in [9.17, 15) is 68.3 Å². The lowest BCUT2D eigenvalue weighted by Gasteiger charge is -2.30. The van der Waals surface area contributed by atoms with Gasteiger partial charge in [-0.3, -0.25) is 28.7 Å². The van der Waals surface area contributed by atoms with E-state index in [1.54, 1.807) is 13.8 Å². The first-order valence-corrected chi connectivity index (χ1v) is 38.6. The molecule has 540 valence electrons. The van der Waals surface area contributed by atoms with Gasteiger partial charge in [-0.25, -0.2) is 54.3 Å². The molecule has 0 bridgehead atoms. The van der Waals surface area contributed by atoms with Crippen LogP contribution in [0.3, 0.4) is 0 Å². The van der Waals surface area contributed by atoms with Crippen LogP contribution in [0, 0.1) is 35.1 Å². The van der Waals surface area contributed by atoms with E-state index in [-0.39, 0.29) is 56.1 Å². The van der Waals surface area contributed by atoms with Gasteiger partial charge in [0.1, 0.15) is 47.5 Å². The molecule has 10 atom stereocenters. The molecule has 8 aliphatic rings. The van der Waals surface area contributed by atoms with E-state index < -0.39 is 142 Å². The smallest absolute Gasteiger partial charge is 0.330 e. The number of hydrogen-bond acceptors (Lipinski definition) is 18. The average molecular weight is 1470 g/mol. The molecule has 101 heavy (non-hydrogen) atoms. The van der Waals surface area contributed by atoms with Crippen molar-refractivity contribution < 1.29 is 77.7 Å². The number of halogens is 4. The lowest BCUT2D eigenvalue weighted by Crippen LogP contribution is -2.58. The molecule has 4 aliphatic heterocycles. The number of primary sulfonamides is 1. The second-order valence-corrected chi connectivity index (χ2v) is 34.1. The van der Waals surface area contributed by atoms with Gasteiger partial charge in [0, 0.05) is 48.2 Å². The third-order valence-corrected chi connectivity index (χ3v) is 26.1. The number of thiazole rings is 2. The number of carbonyl (C=O) groups is 6. The number of benzene rings is 4. The molecular weight excluding hydrogens is 1390 g/mol. The van der Waals surface area contributed by atoms with Crippen LogP contribution in [-0.2, 0) is 48.8 Å². The van der Waals surface area contributed by atoms with E-state index in [0.717, 1.165) is 89.6 Å². The van der Waals surface area contributed by atoms with Gasteiger partial charge in [-0.1, -0.05) is 96.9 Å². The van der Waals surface area contributed by atoms with Gasteiger partial charge in [0.2, 0.25) is 43.7 Å². The van der Waals surface area contributed by atoms with Crippen LogP contribution in [0.2, 0.25) is 0 Å². The number of sulfonamides is 2. The van der Waals surface area contributed by atoms with E-state index >= 15 is 0 Å². The predicted octanol–water partition coefficient (Wildman–Crippen LogP) is 9.51. The molecule has 0 unspecified atom stereocenters. The Morgan fingerprint density at radius 3 is 1.46 bits per heavy atom. The molecule has 6 fully saturated rings. The van der Waals surface area contributed by atoms with E-state index in [1.165, 1.54) is 44.6 Å². The molecule has 5 amide bonds. The number of hydrogen-bond donors (Lipinski definition) is 7. The van der Waals surface area contributed by atoms with Crippen LogP contribution in [0.25, 0.3) is 20.4 Å². The van der Waals surface area contributed by atoms with Crippen LogP contribution < -0.4 is 40.6 Å². The molecule has 0 spiro atoms. The minimum Gasteiger partial charge on any atom is -0.479 e. The molecule has 23 nitrogen and oxygen atoms in total. The number of para-hydroxylation sites is 2. The summed E-state index contributed by atoms with van der Waals surface area (Å²) in [6.07, 6.45) is 16.2. The van der Waals surface area contributed by atoms with Gasteiger partial charge in [-0.05, 0) is 139 Å². The van der Waals surface area contributed by atoms with Gasteiger partial charge in [0.25, 0.3) is 16.3 Å². The second kappa shape index (κ2) is 29.2. The summed E-state index contributed by atoms with van der Waals surface area (Å²) in [5.41, 5.74) is -0.941. The van der Waals surface area contributed by atoms with Crippen LogP contribution in [0.15, 0.2) is 109 Å². The summed E-state index contributed by atoms with van der Waals surface area (Å²) in [5, 5.41) is 27.4. The Labute approximate surface area is 589 Å². The van der Waals surface area contributed by atoms with Crippen molar-refractivity contribution in [2.45, 2.75) is 186 Å². The number of ether oxygens (including phenoxy) is 2. The molecule has 0 radical (unpaired) electrons. The summed E-state index contributed by atoms with van der Waals surface area (Å²) in [4.78, 5) is 94.4. The van der Waals surface area contributed by atoms with Gasteiger partial charge < -0.3 is 45.6 Å². The predicted molar refractivity (Wildman–Crippen MR) is 371 cm³/mol. The Bertz CT molecular complexity index is 4410. The number of aromatic nitrogens is 2. The van der Waals surface area contributed by atoms with E-state index in [1.807, 2.05) is 72.8 Å². The Morgan fingerprint density at radius 2 is 1.04 bits per heavy atom. The summed E-state index contributed by atoms with van der Waals surface area (Å²) in [7, 11) is -7.21. The van der Waals surface area contributed by atoms with Crippen LogP contribution in [0.4, 0.5) is 28.9 Å². The second-order valence-electron chi connectivity index (χ2n) is 27.9. The molecule has 8 N–H and O–H groups in total. The number of rotatable bonds is 13. The summed E-state index contributed by atoms with van der Waals surface area (Å²) in [5.74, 6) is -8.80. The molecule has 2 saturated heterocycles. The molecular formula is C70H80F4N10O13S4. The summed E-state index contributed by atoms with van der Waals surface area (Å²) in [6.45, 7) is 3.35. The lowest BCUT2D eigenvalue weighted by atomic mass is 10.0. The third-order valence-electron chi connectivity index (χ3n) is 20.3. The minimum absolute atomic E-state index is 0.0259. The molecule has 2 aromatic heterocycles. The first-order valence-electron chi connectivity index (χ1n) is 33.9. The monoisotopic (exact) mass is 1470 g/mol. The maximum absolute atomic E-state index is 14.4. The van der Waals surface area contributed by atoms with Crippen molar-refractivity contribution in [2.75, 3.05) is 23.7 Å². The Morgan fingerprint density at radius 1 is 0.604 bits per heavy atom. The van der Waals surface area contributed by atoms with Gasteiger partial charge in [-0.15, -0.1) is 0 Å². The number of nitrogens with two attached hydrogens (primary N) is 1. The van der Waals surface area contributed by atoms with Crippen molar-refractivity contribution in [1.82, 2.24) is 35.1 Å². The lowest BCUT2D eigenvalue weighted by molar-refractivity contribution is -0.145. The van der Waals surface area contributed by atoms with Crippen LogP contribution >= 0.6 is 22.7 Å². The Kier molecular flexibility index (Phi) is 21.0. The van der Waals surface area contributed by atoms with Crippen molar-refractivity contribution >= 4 is 110 Å². The van der Waals surface area contributed by atoms with Crippen LogP contribution in [0.1, 0.15) is 129 Å². The van der Waals surface area contributed by atoms with Crippen molar-refractivity contribution in [3.05, 3.63) is 133 Å². The van der Waals surface area contributed by atoms with Gasteiger partial charge in [0.15, 0.2) is 23.3 Å². The van der Waals surface area contributed by atoms with Crippen molar-refractivity contribution in [3.63, 3.8) is 0 Å².